The van der Waals surface area contributed by atoms with Crippen LogP contribution in [0.3, 0.4) is 0 Å². The fraction of sp³-hybridized carbons (Fsp3) is 0.611. The molecule has 178 valence electrons. The lowest BCUT2D eigenvalue weighted by Crippen LogP contribution is -2.50. The maximum Gasteiger partial charge on any atom is 0.418 e. The lowest BCUT2D eigenvalue weighted by molar-refractivity contribution is -0.139. The van der Waals surface area contributed by atoms with Crippen molar-refractivity contribution in [2.24, 2.45) is 0 Å². The minimum Gasteiger partial charge on any atom is -0.379 e. The van der Waals surface area contributed by atoms with E-state index < -0.39 is 34.4 Å². The number of nitrogens with one attached hydrogen (secondary N) is 1. The van der Waals surface area contributed by atoms with E-state index in [4.69, 9.17) is 14.1 Å². The molecule has 0 aliphatic carbocycles. The molecule has 32 heavy (non-hydrogen) atoms. The number of hydrogen-bond donors (Lipinski definition) is 2. The molecule has 3 saturated heterocycles. The Labute approximate surface area is 186 Å². The van der Waals surface area contributed by atoms with Crippen molar-refractivity contribution in [3.63, 3.8) is 0 Å². The first-order chi connectivity index (χ1) is 15.3. The van der Waals surface area contributed by atoms with Crippen molar-refractivity contribution < 1.29 is 36.4 Å². The van der Waals surface area contributed by atoms with E-state index >= 15 is 0 Å². The summed E-state index contributed by atoms with van der Waals surface area (Å²) in [5.41, 5.74) is 2.34. The molecule has 1 aromatic heterocycles. The number of nitrogens with zero attached hydrogens (tertiary/aromatic N) is 4. The summed E-state index contributed by atoms with van der Waals surface area (Å²) in [6.07, 6.45) is 4.20. The molecule has 0 unspecified atom stereocenters. The Hall–Kier alpha value is -2.36. The van der Waals surface area contributed by atoms with Gasteiger partial charge in [0.2, 0.25) is 0 Å². The summed E-state index contributed by atoms with van der Waals surface area (Å²) in [5.74, 6) is -0.479. The number of morpholine rings is 1. The first-order valence-electron chi connectivity index (χ1n) is 10.2. The highest BCUT2D eigenvalue weighted by Crippen LogP contribution is 2.30. The van der Waals surface area contributed by atoms with E-state index in [9.17, 15) is 18.0 Å². The molecule has 2 N–H and O–H groups in total. The number of carbonyl (C=O) groups excluding carboxylic acids is 2. The first kappa shape index (κ1) is 24.3. The number of carbonyl (C=O) groups is 2. The summed E-state index contributed by atoms with van der Waals surface area (Å²) in [5, 5.41) is 0.599. The maximum absolute atomic E-state index is 12.3. The van der Waals surface area contributed by atoms with Gasteiger partial charge in [-0.15, -0.1) is 4.28 Å². The van der Waals surface area contributed by atoms with Gasteiger partial charge in [-0.25, -0.2) is 10.3 Å². The van der Waals surface area contributed by atoms with Crippen molar-refractivity contribution in [1.29, 1.82) is 0 Å². The molecule has 3 aliphatic rings. The predicted molar refractivity (Wildman–Crippen MR) is 109 cm³/mol. The number of piperidine rings is 1. The number of urea groups is 1. The second kappa shape index (κ2) is 11.5. The van der Waals surface area contributed by atoms with Crippen molar-refractivity contribution in [2.45, 2.75) is 24.9 Å². The summed E-state index contributed by atoms with van der Waals surface area (Å²) in [7, 11) is -4.81. The maximum atomic E-state index is 12.3. The monoisotopic (exact) mass is 473 g/mol. The van der Waals surface area contributed by atoms with Crippen molar-refractivity contribution in [3.8, 4) is 0 Å². The molecule has 0 spiro atoms. The average Bonchev–Trinajstić information content (AvgIpc) is 3.02. The highest BCUT2D eigenvalue weighted by molar-refractivity contribution is 7.80. The number of aromatic nitrogens is 1. The minimum absolute atomic E-state index is 0.139. The predicted octanol–water partition coefficient (Wildman–Crippen LogP) is -0.549. The zero-order valence-electron chi connectivity index (χ0n) is 17.4. The number of pyridine rings is 1. The third-order valence-electron chi connectivity index (χ3n) is 5.15. The fourth-order valence-corrected chi connectivity index (χ4v) is 3.99. The zero-order valence-corrected chi connectivity index (χ0v) is 18.2. The number of rotatable bonds is 7. The van der Waals surface area contributed by atoms with Gasteiger partial charge >= 0.3 is 16.4 Å². The molecule has 2 atom stereocenters. The van der Waals surface area contributed by atoms with Gasteiger partial charge in [0.1, 0.15) is 6.04 Å². The van der Waals surface area contributed by atoms with E-state index in [0.29, 0.717) is 44.3 Å². The zero-order chi connectivity index (χ0) is 23.0. The molecule has 1 aromatic rings. The van der Waals surface area contributed by atoms with Gasteiger partial charge in [-0.05, 0) is 25.0 Å². The molecule has 0 aromatic carbocycles. The van der Waals surface area contributed by atoms with Crippen LogP contribution in [0.15, 0.2) is 30.6 Å². The standard InChI is InChI=1S/C13H22N4O8S.C5H5N/c18-12(14-24-8-5-15-3-6-23-7-4-15)11-2-1-10-9-16(11)13(19)17(10)25-26(20,21)22;1-2-4-6-5-3-1/h10-11H,1-9H2,(H,14,18)(H,20,21,22);1-5H/t10-,11+;/m1./s1. The second-order valence-corrected chi connectivity index (χ2v) is 8.31. The fourth-order valence-electron chi connectivity index (χ4n) is 3.61. The molecule has 2 bridgehead atoms. The van der Waals surface area contributed by atoms with E-state index in [2.05, 4.69) is 19.6 Å². The van der Waals surface area contributed by atoms with Gasteiger partial charge in [-0.3, -0.25) is 24.1 Å². The number of amides is 3. The van der Waals surface area contributed by atoms with Gasteiger partial charge in [-0.2, -0.15) is 13.5 Å². The molecule has 4 rings (SSSR count). The molecule has 14 heteroatoms. The third kappa shape index (κ3) is 7.08. The Balaban J connectivity index is 0.000000416. The number of ether oxygens (including phenoxy) is 1. The van der Waals surface area contributed by atoms with Gasteiger partial charge in [0.15, 0.2) is 0 Å². The number of hydrogen-bond acceptors (Lipinski definition) is 9. The Bertz CT molecular complexity index is 825. The first-order valence-corrected chi connectivity index (χ1v) is 11.6. The molecule has 3 fully saturated rings. The van der Waals surface area contributed by atoms with Crippen LogP contribution in [0.2, 0.25) is 0 Å². The molecule has 4 heterocycles. The van der Waals surface area contributed by atoms with Crippen LogP contribution in [0.1, 0.15) is 12.8 Å². The van der Waals surface area contributed by atoms with Crippen molar-refractivity contribution in [2.75, 3.05) is 46.0 Å². The lowest BCUT2D eigenvalue weighted by Gasteiger charge is -2.29. The summed E-state index contributed by atoms with van der Waals surface area (Å²) < 4.78 is 40.0. The van der Waals surface area contributed by atoms with E-state index in [-0.39, 0.29) is 6.54 Å². The van der Waals surface area contributed by atoms with Crippen molar-refractivity contribution in [1.82, 2.24) is 25.3 Å². The van der Waals surface area contributed by atoms with Crippen LogP contribution in [0.5, 0.6) is 0 Å². The van der Waals surface area contributed by atoms with Gasteiger partial charge in [0.05, 0.1) is 25.9 Å². The third-order valence-corrected chi connectivity index (χ3v) is 5.50. The van der Waals surface area contributed by atoms with Gasteiger partial charge in [0.25, 0.3) is 5.91 Å². The second-order valence-electron chi connectivity index (χ2n) is 7.30. The van der Waals surface area contributed by atoms with Crippen LogP contribution in [-0.4, -0.2) is 103 Å². The summed E-state index contributed by atoms with van der Waals surface area (Å²) in [4.78, 5) is 36.9. The summed E-state index contributed by atoms with van der Waals surface area (Å²) in [6, 6.07) is 3.62. The lowest BCUT2D eigenvalue weighted by atomic mass is 10.0. The molecule has 3 amide bonds. The molecule has 13 nitrogen and oxygen atoms in total. The Kier molecular flexibility index (Phi) is 8.72. The highest BCUT2D eigenvalue weighted by atomic mass is 32.3. The highest BCUT2D eigenvalue weighted by Gasteiger charge is 2.49. The quantitative estimate of drug-likeness (QED) is 0.300. The van der Waals surface area contributed by atoms with E-state index in [1.54, 1.807) is 12.4 Å². The van der Waals surface area contributed by atoms with Crippen LogP contribution in [0, 0.1) is 0 Å². The van der Waals surface area contributed by atoms with Crippen molar-refractivity contribution in [3.05, 3.63) is 30.6 Å². The summed E-state index contributed by atoms with van der Waals surface area (Å²) in [6.45, 7) is 4.06. The summed E-state index contributed by atoms with van der Waals surface area (Å²) >= 11 is 0. The van der Waals surface area contributed by atoms with Crippen LogP contribution in [0.25, 0.3) is 0 Å². The molecule has 3 aliphatic heterocycles. The van der Waals surface area contributed by atoms with E-state index in [1.807, 2.05) is 18.2 Å². The molecular weight excluding hydrogens is 446 g/mol. The van der Waals surface area contributed by atoms with Gasteiger partial charge in [-0.1, -0.05) is 6.07 Å². The molecular formula is C18H27N5O8S. The van der Waals surface area contributed by atoms with E-state index in [0.717, 1.165) is 13.1 Å². The van der Waals surface area contributed by atoms with Gasteiger partial charge in [0, 0.05) is 38.6 Å². The minimum atomic E-state index is -4.81. The average molecular weight is 474 g/mol. The number of fused-ring (bicyclic) bond motifs is 2. The normalized spacial score (nSPS) is 23.5. The Morgan fingerprint density at radius 1 is 1.22 bits per heavy atom. The molecule has 0 radical (unpaired) electrons. The smallest absolute Gasteiger partial charge is 0.379 e. The van der Waals surface area contributed by atoms with Crippen LogP contribution < -0.4 is 5.48 Å². The van der Waals surface area contributed by atoms with E-state index in [1.165, 1.54) is 4.90 Å². The Morgan fingerprint density at radius 3 is 2.53 bits per heavy atom. The van der Waals surface area contributed by atoms with Crippen LogP contribution in [-0.2, 0) is 29.1 Å². The number of hydroxylamine groups is 3. The topological polar surface area (TPSA) is 151 Å². The molecule has 0 saturated carbocycles. The largest absolute Gasteiger partial charge is 0.418 e. The Morgan fingerprint density at radius 2 is 1.94 bits per heavy atom. The SMILES string of the molecule is O=C(NOCCN1CCOCC1)[C@@H]1CC[C@@H]2CN1C(=O)N2OS(=O)(=O)O.c1ccncc1. The van der Waals surface area contributed by atoms with Crippen molar-refractivity contribution >= 4 is 22.3 Å². The van der Waals surface area contributed by atoms with Crippen LogP contribution >= 0.6 is 0 Å². The van der Waals surface area contributed by atoms with Crippen LogP contribution in [0.4, 0.5) is 4.79 Å². The van der Waals surface area contributed by atoms with Gasteiger partial charge < -0.3 is 9.64 Å².